The number of thiocarbonyl (C=S) groups is 1. The fourth-order valence-electron chi connectivity index (χ4n) is 1.47. The van der Waals surface area contributed by atoms with Gasteiger partial charge in [0.15, 0.2) is 5.11 Å². The quantitative estimate of drug-likeness (QED) is 0.620. The van der Waals surface area contributed by atoms with E-state index in [4.69, 9.17) is 22.7 Å². The topological polar surface area (TPSA) is 47.3 Å². The number of aryl methyl sites for hydroxylation is 2. The fourth-order valence-corrected chi connectivity index (χ4v) is 1.58. The molecule has 0 aliphatic rings. The smallest absolute Gasteiger partial charge is 0.163 e. The van der Waals surface area contributed by atoms with E-state index in [1.54, 1.807) is 0 Å². The number of hydrogen-bond donors (Lipinski definition) is 2. The summed E-state index contributed by atoms with van der Waals surface area (Å²) in [5, 5.41) is 3.16. The van der Waals surface area contributed by atoms with Crippen LogP contribution in [0.3, 0.4) is 0 Å². The SMILES string of the molecule is Cc1ccc(C)c(OCCNC(N)=S)c1C. The molecular weight excluding hydrogens is 220 g/mol. The highest BCUT2D eigenvalue weighted by molar-refractivity contribution is 7.80. The van der Waals surface area contributed by atoms with Crippen molar-refractivity contribution in [3.8, 4) is 5.75 Å². The van der Waals surface area contributed by atoms with Gasteiger partial charge in [-0.2, -0.15) is 0 Å². The molecule has 4 heteroatoms. The number of rotatable bonds is 4. The number of ether oxygens (including phenoxy) is 1. The Morgan fingerprint density at radius 3 is 2.56 bits per heavy atom. The molecule has 88 valence electrons. The van der Waals surface area contributed by atoms with Crippen LogP contribution in [0.4, 0.5) is 0 Å². The maximum atomic E-state index is 5.72. The highest BCUT2D eigenvalue weighted by atomic mass is 32.1. The average molecular weight is 238 g/mol. The van der Waals surface area contributed by atoms with Gasteiger partial charge in [0.1, 0.15) is 12.4 Å². The van der Waals surface area contributed by atoms with Gasteiger partial charge in [-0.1, -0.05) is 12.1 Å². The lowest BCUT2D eigenvalue weighted by Gasteiger charge is -2.14. The van der Waals surface area contributed by atoms with Crippen molar-refractivity contribution in [2.75, 3.05) is 13.2 Å². The van der Waals surface area contributed by atoms with Crippen molar-refractivity contribution in [3.63, 3.8) is 0 Å². The Balaban J connectivity index is 2.60. The fraction of sp³-hybridized carbons (Fsp3) is 0.417. The lowest BCUT2D eigenvalue weighted by atomic mass is 10.1. The maximum absolute atomic E-state index is 5.72. The van der Waals surface area contributed by atoms with Crippen molar-refractivity contribution in [1.82, 2.24) is 5.32 Å². The van der Waals surface area contributed by atoms with Crippen LogP contribution in [0, 0.1) is 20.8 Å². The summed E-state index contributed by atoms with van der Waals surface area (Å²) in [4.78, 5) is 0. The summed E-state index contributed by atoms with van der Waals surface area (Å²) in [6.07, 6.45) is 0. The van der Waals surface area contributed by atoms with Gasteiger partial charge in [-0.05, 0) is 49.7 Å². The van der Waals surface area contributed by atoms with Crippen molar-refractivity contribution in [2.45, 2.75) is 20.8 Å². The molecule has 1 rings (SSSR count). The van der Waals surface area contributed by atoms with E-state index in [9.17, 15) is 0 Å². The Kier molecular flexibility index (Phi) is 4.55. The second-order valence-electron chi connectivity index (χ2n) is 3.79. The molecule has 0 spiro atoms. The Morgan fingerprint density at radius 1 is 1.31 bits per heavy atom. The largest absolute Gasteiger partial charge is 0.491 e. The van der Waals surface area contributed by atoms with E-state index in [0.29, 0.717) is 18.3 Å². The van der Waals surface area contributed by atoms with E-state index in [0.717, 1.165) is 11.3 Å². The molecule has 0 bridgehead atoms. The van der Waals surface area contributed by atoms with E-state index < -0.39 is 0 Å². The second kappa shape index (κ2) is 5.70. The van der Waals surface area contributed by atoms with Crippen molar-refractivity contribution >= 4 is 17.3 Å². The molecule has 0 unspecified atom stereocenters. The van der Waals surface area contributed by atoms with Crippen LogP contribution in [-0.4, -0.2) is 18.3 Å². The van der Waals surface area contributed by atoms with Gasteiger partial charge in [0.2, 0.25) is 0 Å². The third-order valence-corrected chi connectivity index (χ3v) is 2.67. The molecule has 0 saturated carbocycles. The molecule has 0 heterocycles. The highest BCUT2D eigenvalue weighted by Crippen LogP contribution is 2.25. The van der Waals surface area contributed by atoms with Crippen LogP contribution >= 0.6 is 12.2 Å². The first-order valence-electron chi connectivity index (χ1n) is 5.25. The molecule has 0 amide bonds. The third kappa shape index (κ3) is 3.38. The van der Waals surface area contributed by atoms with Gasteiger partial charge in [0.25, 0.3) is 0 Å². The molecule has 1 aromatic carbocycles. The predicted octanol–water partition coefficient (Wildman–Crippen LogP) is 1.82. The Hall–Kier alpha value is -1.29. The number of nitrogens with one attached hydrogen (secondary N) is 1. The monoisotopic (exact) mass is 238 g/mol. The van der Waals surface area contributed by atoms with Crippen LogP contribution in [0.15, 0.2) is 12.1 Å². The molecule has 0 radical (unpaired) electrons. The zero-order valence-corrected chi connectivity index (χ0v) is 10.8. The van der Waals surface area contributed by atoms with E-state index in [-0.39, 0.29) is 0 Å². The van der Waals surface area contributed by atoms with Crippen LogP contribution in [0.5, 0.6) is 5.75 Å². The lowest BCUT2D eigenvalue weighted by Crippen LogP contribution is -2.32. The molecule has 16 heavy (non-hydrogen) atoms. The van der Waals surface area contributed by atoms with Crippen LogP contribution in [0.25, 0.3) is 0 Å². The van der Waals surface area contributed by atoms with Gasteiger partial charge in [-0.25, -0.2) is 0 Å². The van der Waals surface area contributed by atoms with Crippen molar-refractivity contribution in [3.05, 3.63) is 28.8 Å². The van der Waals surface area contributed by atoms with Gasteiger partial charge in [0, 0.05) is 0 Å². The molecule has 0 fully saturated rings. The normalized spacial score (nSPS) is 9.94. The van der Waals surface area contributed by atoms with Crippen LogP contribution in [0.1, 0.15) is 16.7 Å². The van der Waals surface area contributed by atoms with Crippen LogP contribution < -0.4 is 15.8 Å². The molecule has 0 aromatic heterocycles. The molecule has 1 aromatic rings. The van der Waals surface area contributed by atoms with E-state index in [2.05, 4.69) is 31.3 Å². The number of hydrogen-bond acceptors (Lipinski definition) is 2. The predicted molar refractivity (Wildman–Crippen MR) is 70.9 cm³/mol. The number of nitrogens with two attached hydrogens (primary N) is 1. The summed E-state index contributed by atoms with van der Waals surface area (Å²) >= 11 is 4.71. The first kappa shape index (κ1) is 12.8. The third-order valence-electron chi connectivity index (χ3n) is 2.52. The van der Waals surface area contributed by atoms with Crippen molar-refractivity contribution in [1.29, 1.82) is 0 Å². The minimum atomic E-state index is 0.307. The summed E-state index contributed by atoms with van der Waals surface area (Å²) in [6, 6.07) is 4.17. The van der Waals surface area contributed by atoms with Gasteiger partial charge in [-0.15, -0.1) is 0 Å². The Morgan fingerprint density at radius 2 is 1.94 bits per heavy atom. The van der Waals surface area contributed by atoms with Gasteiger partial charge in [0.05, 0.1) is 6.54 Å². The van der Waals surface area contributed by atoms with Crippen LogP contribution in [-0.2, 0) is 0 Å². The van der Waals surface area contributed by atoms with Gasteiger partial charge in [-0.3, -0.25) is 0 Å². The van der Waals surface area contributed by atoms with Crippen LogP contribution in [0.2, 0.25) is 0 Å². The van der Waals surface area contributed by atoms with Gasteiger partial charge < -0.3 is 15.8 Å². The summed E-state index contributed by atoms with van der Waals surface area (Å²) < 4.78 is 5.72. The summed E-state index contributed by atoms with van der Waals surface area (Å²) in [6.45, 7) is 7.38. The molecule has 0 aliphatic heterocycles. The van der Waals surface area contributed by atoms with E-state index in [1.807, 2.05) is 6.92 Å². The maximum Gasteiger partial charge on any atom is 0.163 e. The first-order chi connectivity index (χ1) is 7.52. The Bertz CT molecular complexity index is 391. The minimum Gasteiger partial charge on any atom is -0.491 e. The highest BCUT2D eigenvalue weighted by Gasteiger charge is 2.05. The molecule has 0 saturated heterocycles. The number of benzene rings is 1. The molecule has 0 atom stereocenters. The zero-order valence-electron chi connectivity index (χ0n) is 9.96. The first-order valence-corrected chi connectivity index (χ1v) is 5.66. The van der Waals surface area contributed by atoms with Crippen molar-refractivity contribution in [2.24, 2.45) is 5.73 Å². The molecule has 3 nitrogen and oxygen atoms in total. The minimum absolute atomic E-state index is 0.307. The lowest BCUT2D eigenvalue weighted by molar-refractivity contribution is 0.318. The molecule has 0 aliphatic carbocycles. The zero-order chi connectivity index (χ0) is 12.1. The Labute approximate surface area is 102 Å². The van der Waals surface area contributed by atoms with E-state index >= 15 is 0 Å². The summed E-state index contributed by atoms with van der Waals surface area (Å²) in [5.74, 6) is 0.963. The summed E-state index contributed by atoms with van der Waals surface area (Å²) in [5.41, 5.74) is 8.90. The second-order valence-corrected chi connectivity index (χ2v) is 4.23. The standard InChI is InChI=1S/C12H18N2OS/c1-8-4-5-9(2)11(10(8)3)15-7-6-14-12(13)16/h4-5H,6-7H2,1-3H3,(H3,13,14,16). The molecular formula is C12H18N2OS. The molecule has 3 N–H and O–H groups in total. The van der Waals surface area contributed by atoms with Gasteiger partial charge >= 0.3 is 0 Å². The van der Waals surface area contributed by atoms with E-state index in [1.165, 1.54) is 11.1 Å². The summed E-state index contributed by atoms with van der Waals surface area (Å²) in [7, 11) is 0. The average Bonchev–Trinajstić information content (AvgIpc) is 2.22. The van der Waals surface area contributed by atoms with Crippen molar-refractivity contribution < 1.29 is 4.74 Å².